The van der Waals surface area contributed by atoms with E-state index in [2.05, 4.69) is 39.9 Å². The number of likely N-dealkylation sites (N-methyl/N-ethyl adjacent to an activating group) is 1. The van der Waals surface area contributed by atoms with Gasteiger partial charge in [0, 0.05) is 6.92 Å². The molecule has 166 valence electrons. The first kappa shape index (κ1) is 27.3. The topological polar surface area (TPSA) is 95.9 Å². The van der Waals surface area contributed by atoms with Gasteiger partial charge in [-0.25, -0.2) is 0 Å². The molecule has 0 spiro atoms. The smallest absolute Gasteiger partial charge is 0.330 e. The number of carbonyl (C=O) groups is 1. The fraction of sp³-hybridized carbons (Fsp3) is 0.850. The number of nitrogens with one attached hydrogen (secondary N) is 1. The summed E-state index contributed by atoms with van der Waals surface area (Å²) in [6, 6.07) is -0.904. The Morgan fingerprint density at radius 1 is 1.21 bits per heavy atom. The maximum absolute atomic E-state index is 12.4. The number of amides is 1. The highest BCUT2D eigenvalue weighted by Gasteiger charge is 2.31. The predicted molar refractivity (Wildman–Crippen MR) is 114 cm³/mol. The van der Waals surface area contributed by atoms with Gasteiger partial charge in [-0.3, -0.25) is 9.36 Å². The van der Waals surface area contributed by atoms with Gasteiger partial charge in [0.1, 0.15) is 13.2 Å². The van der Waals surface area contributed by atoms with Gasteiger partial charge in [-0.2, -0.15) is 0 Å². The average Bonchev–Trinajstić information content (AvgIpc) is 2.38. The summed E-state index contributed by atoms with van der Waals surface area (Å²) in [6.45, 7) is 12.6. The Kier molecular flexibility index (Phi) is 10.1. The Balaban J connectivity index is 5.12. The number of aliphatic hydroxyl groups excluding tert-OH is 1. The van der Waals surface area contributed by atoms with E-state index in [1.165, 1.54) is 6.92 Å². The quantitative estimate of drug-likeness (QED) is 0.271. The van der Waals surface area contributed by atoms with E-state index in [4.69, 9.17) is 4.52 Å². The van der Waals surface area contributed by atoms with Crippen LogP contribution in [-0.2, 0) is 13.9 Å². The Morgan fingerprint density at radius 2 is 1.75 bits per heavy atom. The summed E-state index contributed by atoms with van der Waals surface area (Å²) in [4.78, 5) is 21.7. The normalized spacial score (nSPS) is 18.0. The zero-order chi connectivity index (χ0) is 22.4. The molecule has 0 saturated heterocycles. The second kappa shape index (κ2) is 10.4. The lowest BCUT2D eigenvalue weighted by Crippen LogP contribution is -2.44. The molecule has 0 aliphatic carbocycles. The van der Waals surface area contributed by atoms with Crippen molar-refractivity contribution in [3.63, 3.8) is 0 Å². The molecule has 1 amide bonds. The van der Waals surface area contributed by atoms with Crippen LogP contribution >= 0.6 is 7.60 Å². The Hall–Kier alpha value is -0.720. The molecule has 0 fully saturated rings. The Bertz CT molecular complexity index is 576. The van der Waals surface area contributed by atoms with Gasteiger partial charge in [-0.15, -0.1) is 0 Å². The van der Waals surface area contributed by atoms with E-state index >= 15 is 0 Å². The van der Waals surface area contributed by atoms with Crippen molar-refractivity contribution in [2.45, 2.75) is 60.1 Å². The minimum atomic E-state index is -3.96. The highest BCUT2D eigenvalue weighted by atomic mass is 31.2. The molecule has 0 bridgehead atoms. The van der Waals surface area contributed by atoms with Crippen LogP contribution in [0, 0.1) is 10.8 Å². The van der Waals surface area contributed by atoms with Crippen molar-refractivity contribution >= 4 is 13.5 Å². The number of nitrogens with zero attached hydrogens (tertiary/aromatic N) is 1. The number of rotatable bonds is 11. The Labute approximate surface area is 171 Å². The molecule has 3 unspecified atom stereocenters. The maximum atomic E-state index is 12.4. The third-order valence-electron chi connectivity index (χ3n) is 4.01. The van der Waals surface area contributed by atoms with Crippen molar-refractivity contribution in [1.82, 2.24) is 5.32 Å². The predicted octanol–water partition coefficient (Wildman–Crippen LogP) is 2.78. The molecule has 28 heavy (non-hydrogen) atoms. The lowest BCUT2D eigenvalue weighted by atomic mass is 9.76. The van der Waals surface area contributed by atoms with Gasteiger partial charge in [0.15, 0.2) is 0 Å². The van der Waals surface area contributed by atoms with Gasteiger partial charge in [0.05, 0.1) is 39.5 Å². The monoisotopic (exact) mass is 421 g/mol. The van der Waals surface area contributed by atoms with E-state index in [1.807, 2.05) is 27.2 Å². The number of allylic oxidation sites excluding steroid dienone is 1. The number of aliphatic hydroxyl groups is 1. The van der Waals surface area contributed by atoms with Crippen molar-refractivity contribution in [2.24, 2.45) is 10.8 Å². The third kappa shape index (κ3) is 14.3. The minimum Gasteiger partial charge on any atom is -0.387 e. The van der Waals surface area contributed by atoms with Crippen LogP contribution in [0.15, 0.2) is 12.2 Å². The summed E-state index contributed by atoms with van der Waals surface area (Å²) in [5.74, 6) is -0.377. The number of quaternary nitrogens is 1. The molecule has 0 aromatic carbocycles. The fourth-order valence-electron chi connectivity index (χ4n) is 3.18. The van der Waals surface area contributed by atoms with Crippen LogP contribution in [0.5, 0.6) is 0 Å². The molecule has 7 nitrogen and oxygen atoms in total. The van der Waals surface area contributed by atoms with Crippen LogP contribution in [0.1, 0.15) is 48.0 Å². The van der Waals surface area contributed by atoms with Crippen LogP contribution in [0.25, 0.3) is 0 Å². The number of hydrogen-bond acceptors (Lipinski definition) is 4. The fourth-order valence-corrected chi connectivity index (χ4v) is 4.45. The van der Waals surface area contributed by atoms with Crippen LogP contribution in [0.4, 0.5) is 0 Å². The highest BCUT2D eigenvalue weighted by Crippen LogP contribution is 2.43. The SMILES string of the molecule is CC(=O)NC(CP(=O)(O)OCC[N+](C)(C)C)C(O)C=CC(C)(C)CC(C)(C)C. The van der Waals surface area contributed by atoms with E-state index in [-0.39, 0.29) is 29.5 Å². The third-order valence-corrected chi connectivity index (χ3v) is 5.45. The lowest BCUT2D eigenvalue weighted by molar-refractivity contribution is -0.870. The lowest BCUT2D eigenvalue weighted by Gasteiger charge is -2.30. The number of hydrogen-bond donors (Lipinski definition) is 3. The molecule has 0 aliphatic heterocycles. The van der Waals surface area contributed by atoms with Crippen molar-refractivity contribution in [1.29, 1.82) is 0 Å². The molecular weight excluding hydrogens is 379 g/mol. The molecule has 0 aromatic rings. The highest BCUT2D eigenvalue weighted by molar-refractivity contribution is 7.52. The molecule has 3 N–H and O–H groups in total. The summed E-state index contributed by atoms with van der Waals surface area (Å²) in [5.41, 5.74) is -0.0416. The van der Waals surface area contributed by atoms with Crippen LogP contribution in [0.2, 0.25) is 0 Å². The van der Waals surface area contributed by atoms with Gasteiger partial charge in [0.25, 0.3) is 0 Å². The van der Waals surface area contributed by atoms with E-state index in [9.17, 15) is 19.4 Å². The molecule has 0 heterocycles. The summed E-state index contributed by atoms with van der Waals surface area (Å²) >= 11 is 0. The van der Waals surface area contributed by atoms with Crippen LogP contribution in [0.3, 0.4) is 0 Å². The number of carbonyl (C=O) groups excluding carboxylic acids is 1. The van der Waals surface area contributed by atoms with Gasteiger partial charge >= 0.3 is 7.60 Å². The van der Waals surface area contributed by atoms with E-state index < -0.39 is 19.7 Å². The molecule has 3 atom stereocenters. The first-order valence-corrected chi connectivity index (χ1v) is 11.5. The van der Waals surface area contributed by atoms with Crippen molar-refractivity contribution < 1.29 is 28.4 Å². The first-order valence-electron chi connectivity index (χ1n) is 9.73. The van der Waals surface area contributed by atoms with Crippen molar-refractivity contribution in [3.05, 3.63) is 12.2 Å². The standard InChI is InChI=1S/C20H41N2O5P/c1-16(23)21-17(14-28(25,26)27-13-12-22(7,8)9)18(24)10-11-20(5,6)15-19(2,3)4/h10-11,17-18,24H,12-15H2,1-9H3,(H-,21,23,25,26)/p+1. The summed E-state index contributed by atoms with van der Waals surface area (Å²) < 4.78 is 18.2. The first-order chi connectivity index (χ1) is 12.3. The van der Waals surface area contributed by atoms with Crippen LogP contribution in [-0.4, -0.2) is 73.0 Å². The van der Waals surface area contributed by atoms with Gasteiger partial charge in [-0.05, 0) is 17.3 Å². The zero-order valence-electron chi connectivity index (χ0n) is 19.2. The molecule has 0 radical (unpaired) electrons. The summed E-state index contributed by atoms with van der Waals surface area (Å²) in [6.07, 6.45) is 2.96. The van der Waals surface area contributed by atoms with Crippen molar-refractivity contribution in [2.75, 3.05) is 40.5 Å². The largest absolute Gasteiger partial charge is 0.387 e. The summed E-state index contributed by atoms with van der Waals surface area (Å²) in [7, 11) is 1.91. The van der Waals surface area contributed by atoms with Gasteiger partial charge < -0.3 is 24.3 Å². The minimum absolute atomic E-state index is 0.120. The molecule has 0 rings (SSSR count). The molecular formula is C20H42N2O5P+. The van der Waals surface area contributed by atoms with Crippen LogP contribution < -0.4 is 5.32 Å². The molecule has 8 heteroatoms. The zero-order valence-corrected chi connectivity index (χ0v) is 20.0. The second-order valence-corrected chi connectivity index (χ2v) is 12.4. The van der Waals surface area contributed by atoms with Crippen molar-refractivity contribution in [3.8, 4) is 0 Å². The molecule has 0 aromatic heterocycles. The van der Waals surface area contributed by atoms with E-state index in [1.54, 1.807) is 6.08 Å². The van der Waals surface area contributed by atoms with E-state index in [0.717, 1.165) is 6.42 Å². The molecule has 0 aliphatic rings. The average molecular weight is 422 g/mol. The second-order valence-electron chi connectivity index (χ2n) is 10.5. The van der Waals surface area contributed by atoms with Gasteiger partial charge in [-0.1, -0.05) is 46.8 Å². The summed E-state index contributed by atoms with van der Waals surface area (Å²) in [5, 5.41) is 13.1. The maximum Gasteiger partial charge on any atom is 0.330 e. The molecule has 0 saturated carbocycles. The van der Waals surface area contributed by atoms with E-state index in [0.29, 0.717) is 11.0 Å². The Morgan fingerprint density at radius 3 is 2.18 bits per heavy atom. The van der Waals surface area contributed by atoms with Gasteiger partial charge in [0.2, 0.25) is 5.91 Å².